The van der Waals surface area contributed by atoms with Gasteiger partial charge in [0.05, 0.1) is 6.54 Å². The smallest absolute Gasteiger partial charge is 0.135 e. The largest absolute Gasteiger partial charge is 0.460 e. The van der Waals surface area contributed by atoms with Crippen molar-refractivity contribution < 1.29 is 4.42 Å². The minimum Gasteiger partial charge on any atom is -0.460 e. The third-order valence-electron chi connectivity index (χ3n) is 2.16. The predicted molar refractivity (Wildman–Crippen MR) is 59.3 cm³/mol. The van der Waals surface area contributed by atoms with Gasteiger partial charge in [-0.2, -0.15) is 0 Å². The van der Waals surface area contributed by atoms with E-state index in [0.717, 1.165) is 30.2 Å². The summed E-state index contributed by atoms with van der Waals surface area (Å²) in [6, 6.07) is 7.86. The van der Waals surface area contributed by atoms with E-state index in [0.29, 0.717) is 0 Å². The number of pyridine rings is 1. The van der Waals surface area contributed by atoms with Crippen molar-refractivity contribution >= 4 is 0 Å². The average Bonchev–Trinajstić information content (AvgIpc) is 2.76. The van der Waals surface area contributed by atoms with Gasteiger partial charge in [0.1, 0.15) is 11.5 Å². The molecule has 2 heterocycles. The Morgan fingerprint density at radius 1 is 1.33 bits per heavy atom. The normalized spacial score (nSPS) is 10.5. The lowest BCUT2D eigenvalue weighted by Crippen LogP contribution is -2.10. The molecule has 0 aliphatic rings. The summed E-state index contributed by atoms with van der Waals surface area (Å²) in [7, 11) is 0. The van der Waals surface area contributed by atoms with Gasteiger partial charge in [0.25, 0.3) is 0 Å². The molecule has 3 nitrogen and oxygen atoms in total. The maximum atomic E-state index is 5.67. The molecule has 0 bridgehead atoms. The van der Waals surface area contributed by atoms with Crippen LogP contribution in [0.5, 0.6) is 0 Å². The van der Waals surface area contributed by atoms with E-state index in [-0.39, 0.29) is 0 Å². The third-order valence-corrected chi connectivity index (χ3v) is 2.16. The van der Waals surface area contributed by atoms with Crippen molar-refractivity contribution in [2.45, 2.75) is 13.5 Å². The molecule has 2 aromatic heterocycles. The fourth-order valence-corrected chi connectivity index (χ4v) is 1.38. The van der Waals surface area contributed by atoms with E-state index in [2.05, 4.69) is 17.2 Å². The summed E-state index contributed by atoms with van der Waals surface area (Å²) in [5.41, 5.74) is 1.01. The highest BCUT2D eigenvalue weighted by molar-refractivity contribution is 5.55. The molecule has 0 fully saturated rings. The van der Waals surface area contributed by atoms with Gasteiger partial charge in [-0.3, -0.25) is 4.98 Å². The summed E-state index contributed by atoms with van der Waals surface area (Å²) in [4.78, 5) is 4.06. The van der Waals surface area contributed by atoms with Gasteiger partial charge >= 0.3 is 0 Å². The first-order valence-corrected chi connectivity index (χ1v) is 5.10. The van der Waals surface area contributed by atoms with E-state index in [1.165, 1.54) is 0 Å². The topological polar surface area (TPSA) is 38.1 Å². The van der Waals surface area contributed by atoms with Crippen molar-refractivity contribution in [2.24, 2.45) is 0 Å². The van der Waals surface area contributed by atoms with E-state index in [1.807, 2.05) is 24.3 Å². The van der Waals surface area contributed by atoms with Crippen molar-refractivity contribution in [1.29, 1.82) is 0 Å². The van der Waals surface area contributed by atoms with Crippen LogP contribution < -0.4 is 5.32 Å². The molecule has 0 aliphatic carbocycles. The molecule has 0 saturated heterocycles. The molecule has 0 radical (unpaired) electrons. The highest BCUT2D eigenvalue weighted by atomic mass is 16.3. The second kappa shape index (κ2) is 4.75. The number of furan rings is 1. The number of aromatic nitrogens is 1. The van der Waals surface area contributed by atoms with Crippen LogP contribution >= 0.6 is 0 Å². The molecule has 3 heteroatoms. The summed E-state index contributed by atoms with van der Waals surface area (Å²) in [6.45, 7) is 3.80. The van der Waals surface area contributed by atoms with Crippen LogP contribution in [0.25, 0.3) is 11.3 Å². The van der Waals surface area contributed by atoms with Gasteiger partial charge in [-0.15, -0.1) is 0 Å². The van der Waals surface area contributed by atoms with Gasteiger partial charge in [0, 0.05) is 18.0 Å². The van der Waals surface area contributed by atoms with Crippen LogP contribution in [0, 0.1) is 0 Å². The summed E-state index contributed by atoms with van der Waals surface area (Å²) < 4.78 is 5.67. The molecule has 0 saturated carbocycles. The molecule has 0 aliphatic heterocycles. The fourth-order valence-electron chi connectivity index (χ4n) is 1.38. The Morgan fingerprint density at radius 3 is 3.00 bits per heavy atom. The van der Waals surface area contributed by atoms with Crippen LogP contribution in [0.15, 0.2) is 41.1 Å². The number of hydrogen-bond donors (Lipinski definition) is 1. The molecule has 78 valence electrons. The molecule has 0 atom stereocenters. The zero-order valence-corrected chi connectivity index (χ0v) is 8.73. The number of rotatable bonds is 4. The Labute approximate surface area is 89.1 Å². The van der Waals surface area contributed by atoms with E-state index in [4.69, 9.17) is 4.42 Å². The lowest BCUT2D eigenvalue weighted by Gasteiger charge is -1.97. The molecule has 0 aromatic carbocycles. The number of nitrogens with one attached hydrogen (secondary N) is 1. The quantitative estimate of drug-likeness (QED) is 0.827. The van der Waals surface area contributed by atoms with Crippen molar-refractivity contribution in [3.63, 3.8) is 0 Å². The number of nitrogens with zero attached hydrogens (tertiary/aromatic N) is 1. The molecule has 15 heavy (non-hydrogen) atoms. The maximum Gasteiger partial charge on any atom is 0.135 e. The molecule has 0 unspecified atom stereocenters. The van der Waals surface area contributed by atoms with Crippen molar-refractivity contribution in [3.05, 3.63) is 42.4 Å². The third kappa shape index (κ3) is 2.44. The van der Waals surface area contributed by atoms with E-state index in [1.54, 1.807) is 12.4 Å². The standard InChI is InChI=1S/C12H14N2O/c1-2-13-9-11-5-6-12(15-11)10-4-3-7-14-8-10/h3-8,13H,2,9H2,1H3. The first kappa shape index (κ1) is 9.93. The Kier molecular flexibility index (Phi) is 3.15. The SMILES string of the molecule is CCNCc1ccc(-c2cccnc2)o1. The molecule has 0 amide bonds. The molecular weight excluding hydrogens is 188 g/mol. The maximum absolute atomic E-state index is 5.67. The van der Waals surface area contributed by atoms with Crippen LogP contribution in [0.2, 0.25) is 0 Å². The van der Waals surface area contributed by atoms with Gasteiger partial charge in [0.15, 0.2) is 0 Å². The molecular formula is C12H14N2O. The lowest BCUT2D eigenvalue weighted by molar-refractivity contribution is 0.498. The van der Waals surface area contributed by atoms with Gasteiger partial charge in [-0.05, 0) is 30.8 Å². The molecule has 1 N–H and O–H groups in total. The zero-order valence-electron chi connectivity index (χ0n) is 8.73. The highest BCUT2D eigenvalue weighted by Gasteiger charge is 2.03. The Bertz CT molecular complexity index is 409. The molecule has 0 spiro atoms. The minimum absolute atomic E-state index is 0.775. The highest BCUT2D eigenvalue weighted by Crippen LogP contribution is 2.20. The van der Waals surface area contributed by atoms with Crippen LogP contribution in [0.4, 0.5) is 0 Å². The van der Waals surface area contributed by atoms with E-state index in [9.17, 15) is 0 Å². The van der Waals surface area contributed by atoms with Crippen LogP contribution in [-0.2, 0) is 6.54 Å². The second-order valence-corrected chi connectivity index (χ2v) is 3.29. The summed E-state index contributed by atoms with van der Waals surface area (Å²) in [5.74, 6) is 1.83. The van der Waals surface area contributed by atoms with Gasteiger partial charge in [-0.25, -0.2) is 0 Å². The summed E-state index contributed by atoms with van der Waals surface area (Å²) in [5, 5.41) is 3.22. The Balaban J connectivity index is 2.14. The Hall–Kier alpha value is -1.61. The molecule has 2 rings (SSSR count). The minimum atomic E-state index is 0.775. The average molecular weight is 202 g/mol. The van der Waals surface area contributed by atoms with Gasteiger partial charge in [0.2, 0.25) is 0 Å². The van der Waals surface area contributed by atoms with E-state index >= 15 is 0 Å². The second-order valence-electron chi connectivity index (χ2n) is 3.29. The first-order chi connectivity index (χ1) is 7.40. The number of hydrogen-bond acceptors (Lipinski definition) is 3. The van der Waals surface area contributed by atoms with Gasteiger partial charge < -0.3 is 9.73 Å². The zero-order chi connectivity index (χ0) is 10.5. The summed E-state index contributed by atoms with van der Waals surface area (Å²) >= 11 is 0. The van der Waals surface area contributed by atoms with Crippen LogP contribution in [0.1, 0.15) is 12.7 Å². The predicted octanol–water partition coefficient (Wildman–Crippen LogP) is 2.45. The summed E-state index contributed by atoms with van der Waals surface area (Å²) in [6.07, 6.45) is 3.56. The van der Waals surface area contributed by atoms with Crippen molar-refractivity contribution in [1.82, 2.24) is 10.3 Å². The lowest BCUT2D eigenvalue weighted by atomic mass is 10.2. The van der Waals surface area contributed by atoms with E-state index < -0.39 is 0 Å². The van der Waals surface area contributed by atoms with Crippen molar-refractivity contribution in [3.8, 4) is 11.3 Å². The molecule has 2 aromatic rings. The van der Waals surface area contributed by atoms with Gasteiger partial charge in [-0.1, -0.05) is 6.92 Å². The van der Waals surface area contributed by atoms with Crippen LogP contribution in [0.3, 0.4) is 0 Å². The fraction of sp³-hybridized carbons (Fsp3) is 0.250. The first-order valence-electron chi connectivity index (χ1n) is 5.10. The van der Waals surface area contributed by atoms with Crippen LogP contribution in [-0.4, -0.2) is 11.5 Å². The monoisotopic (exact) mass is 202 g/mol. The van der Waals surface area contributed by atoms with Crippen molar-refractivity contribution in [2.75, 3.05) is 6.54 Å². The Morgan fingerprint density at radius 2 is 2.27 bits per heavy atom.